The van der Waals surface area contributed by atoms with Gasteiger partial charge in [0, 0.05) is 42.0 Å². The zero-order chi connectivity index (χ0) is 17.8. The van der Waals surface area contributed by atoms with Crippen molar-refractivity contribution in [3.8, 4) is 17.2 Å². The van der Waals surface area contributed by atoms with E-state index in [-0.39, 0.29) is 5.75 Å². The molecular formula is C19H21ClN2O3. The van der Waals surface area contributed by atoms with Gasteiger partial charge in [0.1, 0.15) is 22.9 Å². The largest absolute Gasteiger partial charge is 0.506 e. The van der Waals surface area contributed by atoms with Crippen LogP contribution in [0.3, 0.4) is 0 Å². The van der Waals surface area contributed by atoms with Gasteiger partial charge in [-0.3, -0.25) is 4.99 Å². The maximum absolute atomic E-state index is 9.92. The lowest BCUT2D eigenvalue weighted by Gasteiger charge is -2.22. The fraction of sp³-hybridized carbons (Fsp3) is 0.316. The Morgan fingerprint density at radius 1 is 1.08 bits per heavy atom. The molecule has 25 heavy (non-hydrogen) atoms. The van der Waals surface area contributed by atoms with E-state index in [0.29, 0.717) is 16.5 Å². The standard InChI is InChI=1S/C19H21ClN2O3/c1-24-18-11-16(22-7-3-4-8-22)19(25-2)9-13(18)12-21-15-6-5-14(20)10-17(15)23/h5-6,9-12,23H,3-4,7-8H2,1-2H3. The fourth-order valence-electron chi connectivity index (χ4n) is 2.96. The molecule has 1 saturated heterocycles. The summed E-state index contributed by atoms with van der Waals surface area (Å²) in [6.07, 6.45) is 4.02. The van der Waals surface area contributed by atoms with Gasteiger partial charge in [0.2, 0.25) is 0 Å². The molecule has 0 unspecified atom stereocenters. The molecule has 132 valence electrons. The lowest BCUT2D eigenvalue weighted by atomic mass is 10.1. The number of halogens is 1. The molecule has 1 aliphatic heterocycles. The number of ether oxygens (including phenoxy) is 2. The van der Waals surface area contributed by atoms with Gasteiger partial charge in [0.05, 0.1) is 19.9 Å². The molecular weight excluding hydrogens is 340 g/mol. The Morgan fingerprint density at radius 3 is 2.44 bits per heavy atom. The van der Waals surface area contributed by atoms with Crippen molar-refractivity contribution >= 4 is 29.2 Å². The van der Waals surface area contributed by atoms with Gasteiger partial charge in [-0.05, 0) is 31.0 Å². The number of rotatable bonds is 5. The van der Waals surface area contributed by atoms with Crippen LogP contribution in [0.1, 0.15) is 18.4 Å². The highest BCUT2D eigenvalue weighted by atomic mass is 35.5. The van der Waals surface area contributed by atoms with Gasteiger partial charge in [-0.15, -0.1) is 0 Å². The number of hydrogen-bond acceptors (Lipinski definition) is 5. The molecule has 6 heteroatoms. The zero-order valence-electron chi connectivity index (χ0n) is 14.3. The normalized spacial score (nSPS) is 14.3. The monoisotopic (exact) mass is 360 g/mol. The summed E-state index contributed by atoms with van der Waals surface area (Å²) in [6.45, 7) is 2.04. The van der Waals surface area contributed by atoms with E-state index in [2.05, 4.69) is 9.89 Å². The van der Waals surface area contributed by atoms with Crippen molar-refractivity contribution in [3.63, 3.8) is 0 Å². The summed E-state index contributed by atoms with van der Waals surface area (Å²) >= 11 is 5.85. The molecule has 3 rings (SSSR count). The number of aromatic hydroxyl groups is 1. The van der Waals surface area contributed by atoms with Crippen molar-refractivity contribution in [2.75, 3.05) is 32.2 Å². The van der Waals surface area contributed by atoms with Crippen molar-refractivity contribution in [2.24, 2.45) is 4.99 Å². The molecule has 1 aliphatic rings. The van der Waals surface area contributed by atoms with E-state index < -0.39 is 0 Å². The maximum Gasteiger partial charge on any atom is 0.143 e. The maximum atomic E-state index is 9.92. The highest BCUT2D eigenvalue weighted by Gasteiger charge is 2.19. The summed E-state index contributed by atoms with van der Waals surface area (Å²) in [4.78, 5) is 6.64. The molecule has 0 aromatic heterocycles. The summed E-state index contributed by atoms with van der Waals surface area (Å²) in [5.41, 5.74) is 2.24. The molecule has 0 atom stereocenters. The number of nitrogens with zero attached hydrogens (tertiary/aromatic N) is 2. The van der Waals surface area contributed by atoms with E-state index >= 15 is 0 Å². The number of anilines is 1. The van der Waals surface area contributed by atoms with Crippen LogP contribution in [-0.2, 0) is 0 Å². The van der Waals surface area contributed by atoms with E-state index in [1.165, 1.54) is 18.9 Å². The van der Waals surface area contributed by atoms with Crippen LogP contribution in [0.5, 0.6) is 17.2 Å². The Hall–Kier alpha value is -2.40. The summed E-state index contributed by atoms with van der Waals surface area (Å²) in [5, 5.41) is 10.4. The van der Waals surface area contributed by atoms with E-state index in [4.69, 9.17) is 21.1 Å². The fourth-order valence-corrected chi connectivity index (χ4v) is 3.12. The number of methoxy groups -OCH3 is 2. The third-order valence-corrected chi connectivity index (χ3v) is 4.49. The number of benzene rings is 2. The van der Waals surface area contributed by atoms with Gasteiger partial charge >= 0.3 is 0 Å². The van der Waals surface area contributed by atoms with Crippen LogP contribution in [0.2, 0.25) is 5.02 Å². The van der Waals surface area contributed by atoms with Gasteiger partial charge in [-0.25, -0.2) is 0 Å². The quantitative estimate of drug-likeness (QED) is 0.802. The predicted octanol–water partition coefficient (Wildman–Crippen LogP) is 4.41. The molecule has 0 aliphatic carbocycles. The molecule has 2 aromatic rings. The van der Waals surface area contributed by atoms with Gasteiger partial charge in [0.15, 0.2) is 0 Å². The minimum atomic E-state index is 0.0309. The molecule has 1 heterocycles. The molecule has 1 N–H and O–H groups in total. The molecule has 0 saturated carbocycles. The smallest absolute Gasteiger partial charge is 0.143 e. The Morgan fingerprint density at radius 2 is 1.80 bits per heavy atom. The summed E-state index contributed by atoms with van der Waals surface area (Å²) in [7, 11) is 3.29. The van der Waals surface area contributed by atoms with Crippen molar-refractivity contribution in [1.82, 2.24) is 0 Å². The van der Waals surface area contributed by atoms with Crippen LogP contribution in [0.25, 0.3) is 0 Å². The Kier molecular flexibility index (Phi) is 5.34. The first-order valence-corrected chi connectivity index (χ1v) is 8.53. The summed E-state index contributed by atoms with van der Waals surface area (Å²) in [6, 6.07) is 8.69. The minimum Gasteiger partial charge on any atom is -0.506 e. The molecule has 2 aromatic carbocycles. The van der Waals surface area contributed by atoms with Crippen LogP contribution in [-0.4, -0.2) is 38.6 Å². The highest BCUT2D eigenvalue weighted by molar-refractivity contribution is 6.30. The topological polar surface area (TPSA) is 54.3 Å². The predicted molar refractivity (Wildman–Crippen MR) is 101 cm³/mol. The highest BCUT2D eigenvalue weighted by Crippen LogP contribution is 2.37. The van der Waals surface area contributed by atoms with Crippen molar-refractivity contribution in [3.05, 3.63) is 40.9 Å². The summed E-state index contributed by atoms with van der Waals surface area (Å²) in [5.74, 6) is 1.52. The zero-order valence-corrected chi connectivity index (χ0v) is 15.1. The first kappa shape index (κ1) is 17.4. The Bertz CT molecular complexity index is 786. The molecule has 1 fully saturated rings. The van der Waals surface area contributed by atoms with Gasteiger partial charge in [0.25, 0.3) is 0 Å². The number of phenols is 1. The molecule has 5 nitrogen and oxygen atoms in total. The first-order valence-electron chi connectivity index (χ1n) is 8.16. The average molecular weight is 361 g/mol. The Labute approximate surface area is 152 Å². The third-order valence-electron chi connectivity index (χ3n) is 4.26. The number of hydrogen-bond donors (Lipinski definition) is 1. The number of aliphatic imine (C=N–C) groups is 1. The third kappa shape index (κ3) is 3.82. The van der Waals surface area contributed by atoms with Gasteiger partial charge in [-0.2, -0.15) is 0 Å². The second-order valence-corrected chi connectivity index (χ2v) is 6.29. The average Bonchev–Trinajstić information content (AvgIpc) is 3.14. The molecule has 0 spiro atoms. The second kappa shape index (κ2) is 7.66. The SMILES string of the molecule is COc1cc(N2CCCC2)c(OC)cc1C=Nc1ccc(Cl)cc1O. The Balaban J connectivity index is 1.96. The molecule has 0 bridgehead atoms. The van der Waals surface area contributed by atoms with E-state index in [9.17, 15) is 5.11 Å². The van der Waals surface area contributed by atoms with Crippen molar-refractivity contribution in [2.45, 2.75) is 12.8 Å². The second-order valence-electron chi connectivity index (χ2n) is 5.85. The van der Waals surface area contributed by atoms with Crippen LogP contribution < -0.4 is 14.4 Å². The van der Waals surface area contributed by atoms with E-state index in [1.54, 1.807) is 32.6 Å². The van der Waals surface area contributed by atoms with Gasteiger partial charge in [-0.1, -0.05) is 11.6 Å². The number of phenolic OH excluding ortho intramolecular Hbond substituents is 1. The van der Waals surface area contributed by atoms with E-state index in [0.717, 1.165) is 30.1 Å². The van der Waals surface area contributed by atoms with Crippen molar-refractivity contribution < 1.29 is 14.6 Å². The van der Waals surface area contributed by atoms with Crippen molar-refractivity contribution in [1.29, 1.82) is 0 Å². The first-order chi connectivity index (χ1) is 12.1. The van der Waals surface area contributed by atoms with Crippen LogP contribution >= 0.6 is 11.6 Å². The lowest BCUT2D eigenvalue weighted by molar-refractivity contribution is 0.402. The molecule has 0 radical (unpaired) electrons. The van der Waals surface area contributed by atoms with E-state index in [1.807, 2.05) is 12.1 Å². The van der Waals surface area contributed by atoms with Crippen LogP contribution in [0, 0.1) is 0 Å². The van der Waals surface area contributed by atoms with Crippen LogP contribution in [0.15, 0.2) is 35.3 Å². The lowest BCUT2D eigenvalue weighted by Crippen LogP contribution is -2.18. The minimum absolute atomic E-state index is 0.0309. The van der Waals surface area contributed by atoms with Crippen LogP contribution in [0.4, 0.5) is 11.4 Å². The molecule has 0 amide bonds. The van der Waals surface area contributed by atoms with Gasteiger partial charge < -0.3 is 19.5 Å². The summed E-state index contributed by atoms with van der Waals surface area (Å²) < 4.78 is 11.1.